The van der Waals surface area contributed by atoms with Crippen LogP contribution in [0.3, 0.4) is 0 Å². The molecule has 0 aromatic heterocycles. The third-order valence-electron chi connectivity index (χ3n) is 2.11. The number of carbonyl (C=O) groups excluding carboxylic acids is 1. The highest BCUT2D eigenvalue weighted by Gasteiger charge is 2.11. The lowest BCUT2D eigenvalue weighted by Crippen LogP contribution is -2.08. The van der Waals surface area contributed by atoms with Crippen molar-refractivity contribution in [2.24, 2.45) is 0 Å². The Kier molecular flexibility index (Phi) is 4.62. The van der Waals surface area contributed by atoms with Crippen molar-refractivity contribution in [3.63, 3.8) is 0 Å². The van der Waals surface area contributed by atoms with Gasteiger partial charge in [0.1, 0.15) is 6.61 Å². The van der Waals surface area contributed by atoms with Gasteiger partial charge in [-0.05, 0) is 43.4 Å². The molecule has 86 valence electrons. The van der Waals surface area contributed by atoms with E-state index >= 15 is 0 Å². The number of ether oxygens (including phenoxy) is 1. The highest BCUT2D eigenvalue weighted by molar-refractivity contribution is 7.98. The van der Waals surface area contributed by atoms with Crippen molar-refractivity contribution >= 4 is 17.7 Å². The van der Waals surface area contributed by atoms with Crippen LogP contribution in [0.4, 0.5) is 0 Å². The van der Waals surface area contributed by atoms with E-state index in [1.807, 2.05) is 38.3 Å². The standard InChI is InChI=1S/C13H16O2S/c1-9(2)8-15-13(14)12-7-11(16-4)6-5-10(12)3/h5-7H,1,8H2,2-4H3. The predicted molar refractivity (Wildman–Crippen MR) is 68.1 cm³/mol. The van der Waals surface area contributed by atoms with E-state index in [-0.39, 0.29) is 12.6 Å². The van der Waals surface area contributed by atoms with Crippen LogP contribution in [-0.2, 0) is 4.74 Å². The molecule has 0 saturated heterocycles. The molecule has 2 nitrogen and oxygen atoms in total. The maximum Gasteiger partial charge on any atom is 0.338 e. The van der Waals surface area contributed by atoms with Crippen LogP contribution in [0, 0.1) is 6.92 Å². The number of benzene rings is 1. The zero-order chi connectivity index (χ0) is 12.1. The van der Waals surface area contributed by atoms with Crippen molar-refractivity contribution in [3.05, 3.63) is 41.5 Å². The van der Waals surface area contributed by atoms with Crippen LogP contribution < -0.4 is 0 Å². The first kappa shape index (κ1) is 12.8. The lowest BCUT2D eigenvalue weighted by atomic mass is 10.1. The third kappa shape index (κ3) is 3.42. The SMILES string of the molecule is C=C(C)COC(=O)c1cc(SC)ccc1C. The summed E-state index contributed by atoms with van der Waals surface area (Å²) in [4.78, 5) is 12.8. The van der Waals surface area contributed by atoms with Gasteiger partial charge in [0.15, 0.2) is 0 Å². The second-order valence-electron chi connectivity index (χ2n) is 3.71. The van der Waals surface area contributed by atoms with E-state index in [0.29, 0.717) is 5.56 Å². The lowest BCUT2D eigenvalue weighted by molar-refractivity contribution is 0.0539. The van der Waals surface area contributed by atoms with Crippen LogP contribution in [0.15, 0.2) is 35.2 Å². The molecule has 16 heavy (non-hydrogen) atoms. The summed E-state index contributed by atoms with van der Waals surface area (Å²) in [7, 11) is 0. The summed E-state index contributed by atoms with van der Waals surface area (Å²) < 4.78 is 5.12. The topological polar surface area (TPSA) is 26.3 Å². The minimum atomic E-state index is -0.281. The maximum absolute atomic E-state index is 11.8. The van der Waals surface area contributed by atoms with E-state index in [1.54, 1.807) is 11.8 Å². The molecule has 3 heteroatoms. The van der Waals surface area contributed by atoms with Gasteiger partial charge in [0, 0.05) is 4.90 Å². The van der Waals surface area contributed by atoms with Crippen molar-refractivity contribution in [1.29, 1.82) is 0 Å². The number of esters is 1. The summed E-state index contributed by atoms with van der Waals surface area (Å²) >= 11 is 1.61. The van der Waals surface area contributed by atoms with Crippen LogP contribution in [0.1, 0.15) is 22.8 Å². The second kappa shape index (κ2) is 5.75. The molecule has 0 N–H and O–H groups in total. The zero-order valence-corrected chi connectivity index (χ0v) is 10.7. The summed E-state index contributed by atoms with van der Waals surface area (Å²) in [6, 6.07) is 5.79. The van der Waals surface area contributed by atoms with Gasteiger partial charge in [-0.2, -0.15) is 0 Å². The second-order valence-corrected chi connectivity index (χ2v) is 4.59. The van der Waals surface area contributed by atoms with Crippen molar-refractivity contribution in [1.82, 2.24) is 0 Å². The normalized spacial score (nSPS) is 9.94. The van der Waals surface area contributed by atoms with Gasteiger partial charge < -0.3 is 4.74 Å². The summed E-state index contributed by atoms with van der Waals surface area (Å²) in [5.41, 5.74) is 2.41. The highest BCUT2D eigenvalue weighted by Crippen LogP contribution is 2.19. The molecule has 0 unspecified atom stereocenters. The molecule has 1 rings (SSSR count). The molecule has 0 bridgehead atoms. The Morgan fingerprint density at radius 2 is 2.19 bits per heavy atom. The summed E-state index contributed by atoms with van der Waals surface area (Å²) in [6.45, 7) is 7.71. The number of rotatable bonds is 4. The van der Waals surface area contributed by atoms with E-state index in [0.717, 1.165) is 16.0 Å². The van der Waals surface area contributed by atoms with Crippen LogP contribution in [-0.4, -0.2) is 18.8 Å². The third-order valence-corrected chi connectivity index (χ3v) is 2.84. The van der Waals surface area contributed by atoms with Gasteiger partial charge in [-0.15, -0.1) is 11.8 Å². The van der Waals surface area contributed by atoms with Crippen LogP contribution in [0.2, 0.25) is 0 Å². The minimum Gasteiger partial charge on any atom is -0.458 e. The molecule has 0 heterocycles. The van der Waals surface area contributed by atoms with Gasteiger partial charge in [0.2, 0.25) is 0 Å². The number of hydrogen-bond donors (Lipinski definition) is 0. The molecule has 0 spiro atoms. The van der Waals surface area contributed by atoms with Crippen LogP contribution in [0.25, 0.3) is 0 Å². The van der Waals surface area contributed by atoms with Crippen LogP contribution >= 0.6 is 11.8 Å². The van der Waals surface area contributed by atoms with Gasteiger partial charge in [-0.25, -0.2) is 4.79 Å². The highest BCUT2D eigenvalue weighted by atomic mass is 32.2. The molecule has 0 amide bonds. The van der Waals surface area contributed by atoms with Gasteiger partial charge in [-0.3, -0.25) is 0 Å². The predicted octanol–water partition coefficient (Wildman–Crippen LogP) is 3.45. The van der Waals surface area contributed by atoms with E-state index in [9.17, 15) is 4.79 Å². The van der Waals surface area contributed by atoms with Crippen molar-refractivity contribution in [2.45, 2.75) is 18.7 Å². The monoisotopic (exact) mass is 236 g/mol. The number of carbonyl (C=O) groups is 1. The molecule has 1 aromatic rings. The molecule has 0 saturated carbocycles. The molecule has 0 radical (unpaired) electrons. The summed E-state index contributed by atoms with van der Waals surface area (Å²) in [6.07, 6.45) is 1.98. The zero-order valence-electron chi connectivity index (χ0n) is 9.87. The largest absolute Gasteiger partial charge is 0.458 e. The van der Waals surface area contributed by atoms with E-state index in [4.69, 9.17) is 4.74 Å². The van der Waals surface area contributed by atoms with Gasteiger partial charge in [0.25, 0.3) is 0 Å². The average molecular weight is 236 g/mol. The van der Waals surface area contributed by atoms with Crippen LogP contribution in [0.5, 0.6) is 0 Å². The molecule has 0 aliphatic carbocycles. The Morgan fingerprint density at radius 3 is 2.75 bits per heavy atom. The van der Waals surface area contributed by atoms with Gasteiger partial charge >= 0.3 is 5.97 Å². The summed E-state index contributed by atoms with van der Waals surface area (Å²) in [5, 5.41) is 0. The molecule has 0 aliphatic rings. The first-order chi connectivity index (χ1) is 7.54. The van der Waals surface area contributed by atoms with E-state index in [2.05, 4.69) is 6.58 Å². The molecule has 0 aliphatic heterocycles. The first-order valence-electron chi connectivity index (χ1n) is 5.00. The Balaban J connectivity index is 2.85. The van der Waals surface area contributed by atoms with Crippen molar-refractivity contribution in [3.8, 4) is 0 Å². The maximum atomic E-state index is 11.8. The molecular formula is C13H16O2S. The van der Waals surface area contributed by atoms with E-state index in [1.165, 1.54) is 0 Å². The van der Waals surface area contributed by atoms with Crippen molar-refractivity contribution in [2.75, 3.05) is 12.9 Å². The fourth-order valence-electron chi connectivity index (χ4n) is 1.21. The van der Waals surface area contributed by atoms with Gasteiger partial charge in [-0.1, -0.05) is 12.6 Å². The molecule has 0 fully saturated rings. The lowest BCUT2D eigenvalue weighted by Gasteiger charge is -2.08. The Hall–Kier alpha value is -1.22. The molecule has 1 aromatic carbocycles. The number of thioether (sulfide) groups is 1. The average Bonchev–Trinajstić information content (AvgIpc) is 2.26. The summed E-state index contributed by atoms with van der Waals surface area (Å²) in [5.74, 6) is -0.281. The first-order valence-corrected chi connectivity index (χ1v) is 6.23. The smallest absolute Gasteiger partial charge is 0.338 e. The molecule has 0 atom stereocenters. The fraction of sp³-hybridized carbons (Fsp3) is 0.308. The minimum absolute atomic E-state index is 0.280. The van der Waals surface area contributed by atoms with E-state index < -0.39 is 0 Å². The number of aryl methyl sites for hydroxylation is 1. The number of hydrogen-bond acceptors (Lipinski definition) is 3. The Bertz CT molecular complexity index is 410. The Labute approximate surface area is 101 Å². The van der Waals surface area contributed by atoms with Crippen molar-refractivity contribution < 1.29 is 9.53 Å². The van der Waals surface area contributed by atoms with Gasteiger partial charge in [0.05, 0.1) is 5.56 Å². The fourth-order valence-corrected chi connectivity index (χ4v) is 1.65. The Morgan fingerprint density at radius 1 is 1.50 bits per heavy atom. The quantitative estimate of drug-likeness (QED) is 0.455. The molecular weight excluding hydrogens is 220 g/mol.